The molecule has 16 heavy (non-hydrogen) atoms. The molecule has 0 radical (unpaired) electrons. The van der Waals surface area contributed by atoms with Gasteiger partial charge in [0.1, 0.15) is 0 Å². The Morgan fingerprint density at radius 1 is 1.06 bits per heavy atom. The van der Waals surface area contributed by atoms with Gasteiger partial charge in [-0.3, -0.25) is 0 Å². The summed E-state index contributed by atoms with van der Waals surface area (Å²) in [7, 11) is -1.64. The predicted octanol–water partition coefficient (Wildman–Crippen LogP) is 4.39. The van der Waals surface area contributed by atoms with Crippen LogP contribution >= 0.6 is 0 Å². The maximum absolute atomic E-state index is 10.3. The molecule has 0 amide bonds. The summed E-state index contributed by atoms with van der Waals surface area (Å²) in [5, 5.41) is 10.5. The molecule has 1 N–H and O–H groups in total. The van der Waals surface area contributed by atoms with Gasteiger partial charge in [0.25, 0.3) is 0 Å². The maximum atomic E-state index is 10.3. The van der Waals surface area contributed by atoms with E-state index in [1.807, 2.05) is 6.08 Å². The molecule has 0 fully saturated rings. The molecule has 0 saturated heterocycles. The van der Waals surface area contributed by atoms with Gasteiger partial charge >= 0.3 is 0 Å². The number of rotatable bonds is 3. The van der Waals surface area contributed by atoms with Crippen molar-refractivity contribution in [3.05, 3.63) is 12.2 Å². The Morgan fingerprint density at radius 3 is 1.81 bits per heavy atom. The van der Waals surface area contributed by atoms with Crippen LogP contribution < -0.4 is 0 Å². The van der Waals surface area contributed by atoms with E-state index >= 15 is 0 Å². The highest BCUT2D eigenvalue weighted by molar-refractivity contribution is 6.81. The van der Waals surface area contributed by atoms with Crippen LogP contribution in [0.15, 0.2) is 12.2 Å². The molecule has 0 spiro atoms. The van der Waals surface area contributed by atoms with Crippen LogP contribution in [0.25, 0.3) is 0 Å². The van der Waals surface area contributed by atoms with Crippen LogP contribution in [0.4, 0.5) is 0 Å². The summed E-state index contributed by atoms with van der Waals surface area (Å²) in [6.07, 6.45) is 5.19. The molecule has 0 heterocycles. The Hall–Kier alpha value is -0.0831. The van der Waals surface area contributed by atoms with Crippen molar-refractivity contribution in [2.75, 3.05) is 0 Å². The lowest BCUT2D eigenvalue weighted by atomic mass is 9.92. The van der Waals surface area contributed by atoms with E-state index in [0.29, 0.717) is 5.41 Å². The van der Waals surface area contributed by atoms with Gasteiger partial charge in [-0.1, -0.05) is 66.8 Å². The second-order valence-corrected chi connectivity index (χ2v) is 13.1. The van der Waals surface area contributed by atoms with Gasteiger partial charge in [0, 0.05) is 0 Å². The lowest BCUT2D eigenvalue weighted by Gasteiger charge is -2.39. The van der Waals surface area contributed by atoms with Gasteiger partial charge in [0.2, 0.25) is 0 Å². The molecule has 1 nitrogen and oxygen atoms in total. The highest BCUT2D eigenvalue weighted by Gasteiger charge is 2.40. The molecule has 0 aromatic carbocycles. The predicted molar refractivity (Wildman–Crippen MR) is 76.4 cm³/mol. The molecule has 0 aliphatic heterocycles. The molecule has 1 atom stereocenters. The second-order valence-electron chi connectivity index (χ2n) is 7.61. The lowest BCUT2D eigenvalue weighted by molar-refractivity contribution is 0.283. The molecule has 0 aromatic heterocycles. The molecule has 0 aliphatic carbocycles. The smallest absolute Gasteiger partial charge is 0.0914 e. The first-order chi connectivity index (χ1) is 6.88. The highest BCUT2D eigenvalue weighted by atomic mass is 28.3. The monoisotopic (exact) mass is 242 g/mol. The van der Waals surface area contributed by atoms with Crippen molar-refractivity contribution in [3.8, 4) is 0 Å². The average molecular weight is 242 g/mol. The van der Waals surface area contributed by atoms with Gasteiger partial charge in [0.15, 0.2) is 0 Å². The molecule has 0 aromatic rings. The van der Waals surface area contributed by atoms with E-state index in [4.69, 9.17) is 0 Å². The molecule has 0 aliphatic rings. The third-order valence-corrected chi connectivity index (χ3v) is 9.26. The zero-order valence-electron chi connectivity index (χ0n) is 12.4. The quantitative estimate of drug-likeness (QED) is 0.575. The second kappa shape index (κ2) is 5.05. The van der Waals surface area contributed by atoms with Crippen molar-refractivity contribution in [3.63, 3.8) is 0 Å². The fraction of sp³-hybridized carbons (Fsp3) is 0.857. The minimum Gasteiger partial charge on any atom is -0.393 e. The zero-order chi connectivity index (χ0) is 13.2. The van der Waals surface area contributed by atoms with Gasteiger partial charge in [-0.05, 0) is 16.9 Å². The van der Waals surface area contributed by atoms with E-state index in [1.54, 1.807) is 0 Å². The fourth-order valence-corrected chi connectivity index (χ4v) is 2.74. The molecular weight excluding hydrogens is 212 g/mol. The van der Waals surface area contributed by atoms with Crippen LogP contribution in [0.2, 0.25) is 18.1 Å². The summed E-state index contributed by atoms with van der Waals surface area (Å²) in [5.41, 5.74) is 0.0683. The molecule has 96 valence electrons. The molecule has 0 rings (SSSR count). The van der Waals surface area contributed by atoms with Crippen molar-refractivity contribution in [1.29, 1.82) is 0 Å². The SMILES string of the molecule is CC(C)(C)CC=CC(O)[Si](C)(C)C(C)(C)C. The van der Waals surface area contributed by atoms with Gasteiger partial charge in [-0.2, -0.15) is 0 Å². The van der Waals surface area contributed by atoms with E-state index in [9.17, 15) is 5.11 Å². The minimum atomic E-state index is -1.64. The van der Waals surface area contributed by atoms with E-state index in [0.717, 1.165) is 6.42 Å². The van der Waals surface area contributed by atoms with Gasteiger partial charge in [-0.25, -0.2) is 0 Å². The van der Waals surface area contributed by atoms with Crippen LogP contribution in [-0.4, -0.2) is 18.9 Å². The Bertz CT molecular complexity index is 240. The van der Waals surface area contributed by atoms with E-state index in [1.165, 1.54) is 0 Å². The number of hydrogen-bond donors (Lipinski definition) is 1. The first-order valence-electron chi connectivity index (χ1n) is 6.23. The summed E-state index contributed by atoms with van der Waals surface area (Å²) >= 11 is 0. The normalized spacial score (nSPS) is 16.8. The number of aliphatic hydroxyl groups is 1. The van der Waals surface area contributed by atoms with Gasteiger partial charge in [0.05, 0.1) is 13.8 Å². The summed E-state index contributed by atoms with van der Waals surface area (Å²) < 4.78 is 0. The third kappa shape index (κ3) is 4.83. The zero-order valence-corrected chi connectivity index (χ0v) is 13.4. The molecule has 2 heteroatoms. The van der Waals surface area contributed by atoms with Crippen molar-refractivity contribution in [1.82, 2.24) is 0 Å². The van der Waals surface area contributed by atoms with Gasteiger partial charge in [-0.15, -0.1) is 0 Å². The topological polar surface area (TPSA) is 20.2 Å². The van der Waals surface area contributed by atoms with Crippen LogP contribution in [-0.2, 0) is 0 Å². The fourth-order valence-electron chi connectivity index (χ4n) is 1.23. The van der Waals surface area contributed by atoms with Gasteiger partial charge < -0.3 is 5.11 Å². The number of hydrogen-bond acceptors (Lipinski definition) is 1. The van der Waals surface area contributed by atoms with Crippen molar-refractivity contribution in [2.24, 2.45) is 5.41 Å². The van der Waals surface area contributed by atoms with Crippen LogP contribution in [0.1, 0.15) is 48.0 Å². The summed E-state index contributed by atoms with van der Waals surface area (Å²) in [5.74, 6) is 0. The van der Waals surface area contributed by atoms with E-state index in [-0.39, 0.29) is 10.8 Å². The minimum absolute atomic E-state index is 0.235. The summed E-state index contributed by atoms with van der Waals surface area (Å²) in [6.45, 7) is 17.9. The molecule has 1 unspecified atom stereocenters. The van der Waals surface area contributed by atoms with Crippen molar-refractivity contribution >= 4 is 8.07 Å². The lowest BCUT2D eigenvalue weighted by Crippen LogP contribution is -2.48. The third-order valence-electron chi connectivity index (χ3n) is 3.72. The molecule has 0 bridgehead atoms. The average Bonchev–Trinajstić information content (AvgIpc) is 1.99. The van der Waals surface area contributed by atoms with Crippen LogP contribution in [0.3, 0.4) is 0 Å². The molecular formula is C14H30OSi. The maximum Gasteiger partial charge on any atom is 0.0914 e. The largest absolute Gasteiger partial charge is 0.393 e. The van der Waals surface area contributed by atoms with Crippen molar-refractivity contribution < 1.29 is 5.11 Å². The molecule has 0 saturated carbocycles. The summed E-state index contributed by atoms with van der Waals surface area (Å²) in [6, 6.07) is 0. The first-order valence-corrected chi connectivity index (χ1v) is 9.30. The van der Waals surface area contributed by atoms with E-state index in [2.05, 4.69) is 60.7 Å². The number of aliphatic hydroxyl groups excluding tert-OH is 1. The Morgan fingerprint density at radius 2 is 1.50 bits per heavy atom. The summed E-state index contributed by atoms with van der Waals surface area (Å²) in [4.78, 5) is 0. The van der Waals surface area contributed by atoms with Crippen LogP contribution in [0.5, 0.6) is 0 Å². The highest BCUT2D eigenvalue weighted by Crippen LogP contribution is 2.38. The first kappa shape index (κ1) is 15.9. The Labute approximate surface area is 103 Å². The van der Waals surface area contributed by atoms with E-state index < -0.39 is 8.07 Å². The Balaban J connectivity index is 4.53. The van der Waals surface area contributed by atoms with Crippen LogP contribution in [0, 0.1) is 5.41 Å². The number of allylic oxidation sites excluding steroid dienone is 1. The van der Waals surface area contributed by atoms with Crippen molar-refractivity contribution in [2.45, 2.75) is 71.8 Å². The Kier molecular flexibility index (Phi) is 5.02. The standard InChI is InChI=1S/C14H30OSi/c1-13(2,3)11-9-10-12(15)16(7,8)14(4,5)6/h9-10,12,15H,11H2,1-8H3.